The molecule has 3 aliphatic rings. The molecular weight excluding hydrogens is 400 g/mol. The Kier molecular flexibility index (Phi) is 5.11. The molecule has 3 aliphatic heterocycles. The Bertz CT molecular complexity index is 1040. The lowest BCUT2D eigenvalue weighted by Crippen LogP contribution is -2.39. The smallest absolute Gasteiger partial charge is 0.232 e. The van der Waals surface area contributed by atoms with E-state index in [-0.39, 0.29) is 0 Å². The molecule has 0 radical (unpaired) electrons. The number of anilines is 3. The Hall–Kier alpha value is -3.19. The Balaban J connectivity index is 1.35. The lowest BCUT2D eigenvalue weighted by atomic mass is 10.0. The number of nitrogens with zero attached hydrogens (tertiary/aromatic N) is 6. The monoisotopic (exact) mass is 428 g/mol. The first-order valence-corrected chi connectivity index (χ1v) is 11.6. The molecule has 6 rings (SSSR count). The first kappa shape index (κ1) is 19.5. The van der Waals surface area contributed by atoms with Gasteiger partial charge in [0, 0.05) is 39.3 Å². The van der Waals surface area contributed by atoms with Gasteiger partial charge in [-0.3, -0.25) is 0 Å². The van der Waals surface area contributed by atoms with Crippen molar-refractivity contribution in [1.29, 1.82) is 0 Å². The summed E-state index contributed by atoms with van der Waals surface area (Å²) in [5.41, 5.74) is 5.58. The molecule has 0 amide bonds. The van der Waals surface area contributed by atoms with E-state index in [1.165, 1.54) is 22.3 Å². The highest BCUT2D eigenvalue weighted by Crippen LogP contribution is 2.28. The normalized spacial score (nSPS) is 18.3. The van der Waals surface area contributed by atoms with Crippen molar-refractivity contribution < 1.29 is 4.74 Å². The molecule has 32 heavy (non-hydrogen) atoms. The fourth-order valence-electron chi connectivity index (χ4n) is 4.86. The average Bonchev–Trinajstić information content (AvgIpc) is 2.88. The minimum atomic E-state index is 0.713. The number of fused-ring (bicyclic) bond motifs is 2. The van der Waals surface area contributed by atoms with Crippen LogP contribution in [0.3, 0.4) is 0 Å². The summed E-state index contributed by atoms with van der Waals surface area (Å²) >= 11 is 0. The Labute approximate surface area is 188 Å². The highest BCUT2D eigenvalue weighted by molar-refractivity contribution is 5.50. The maximum absolute atomic E-state index is 5.56. The fraction of sp³-hybridized carbons (Fsp3) is 0.400. The minimum absolute atomic E-state index is 0.713. The van der Waals surface area contributed by atoms with Gasteiger partial charge in [0.25, 0.3) is 0 Å². The van der Waals surface area contributed by atoms with Crippen LogP contribution >= 0.6 is 0 Å². The first-order chi connectivity index (χ1) is 15.8. The average molecular weight is 429 g/mol. The largest absolute Gasteiger partial charge is 0.378 e. The molecule has 164 valence electrons. The molecule has 1 saturated heterocycles. The molecule has 1 fully saturated rings. The second-order valence-electron chi connectivity index (χ2n) is 8.72. The molecule has 0 saturated carbocycles. The molecule has 7 nitrogen and oxygen atoms in total. The van der Waals surface area contributed by atoms with Gasteiger partial charge in [-0.15, -0.1) is 0 Å². The van der Waals surface area contributed by atoms with Gasteiger partial charge in [-0.05, 0) is 35.1 Å². The summed E-state index contributed by atoms with van der Waals surface area (Å²) in [4.78, 5) is 21.7. The van der Waals surface area contributed by atoms with Crippen LogP contribution in [0.5, 0.6) is 0 Å². The van der Waals surface area contributed by atoms with Crippen molar-refractivity contribution in [2.75, 3.05) is 54.1 Å². The molecule has 0 atom stereocenters. The summed E-state index contributed by atoms with van der Waals surface area (Å²) in [6.07, 6.45) is 2.03. The van der Waals surface area contributed by atoms with E-state index in [0.717, 1.165) is 70.0 Å². The number of hydrogen-bond acceptors (Lipinski definition) is 7. The predicted molar refractivity (Wildman–Crippen MR) is 125 cm³/mol. The lowest BCUT2D eigenvalue weighted by Gasteiger charge is -2.33. The van der Waals surface area contributed by atoms with Gasteiger partial charge in [-0.2, -0.15) is 15.0 Å². The van der Waals surface area contributed by atoms with Gasteiger partial charge >= 0.3 is 0 Å². The molecular formula is C25H28N6O. The van der Waals surface area contributed by atoms with Gasteiger partial charge in [-0.25, -0.2) is 0 Å². The highest BCUT2D eigenvalue weighted by atomic mass is 16.5. The lowest BCUT2D eigenvalue weighted by molar-refractivity contribution is 0.122. The van der Waals surface area contributed by atoms with Crippen LogP contribution in [-0.2, 0) is 30.7 Å². The van der Waals surface area contributed by atoms with E-state index in [2.05, 4.69) is 63.2 Å². The van der Waals surface area contributed by atoms with Crippen molar-refractivity contribution in [1.82, 2.24) is 15.0 Å². The van der Waals surface area contributed by atoms with E-state index in [1.807, 2.05) is 0 Å². The Morgan fingerprint density at radius 1 is 0.531 bits per heavy atom. The van der Waals surface area contributed by atoms with Gasteiger partial charge in [0.2, 0.25) is 17.8 Å². The molecule has 4 heterocycles. The van der Waals surface area contributed by atoms with Crippen LogP contribution in [0.1, 0.15) is 22.3 Å². The van der Waals surface area contributed by atoms with Crippen LogP contribution in [0.4, 0.5) is 17.8 Å². The number of hydrogen-bond donors (Lipinski definition) is 0. The fourth-order valence-corrected chi connectivity index (χ4v) is 4.86. The van der Waals surface area contributed by atoms with Crippen molar-refractivity contribution in [3.8, 4) is 0 Å². The molecule has 3 aromatic rings. The van der Waals surface area contributed by atoms with E-state index in [4.69, 9.17) is 19.7 Å². The maximum Gasteiger partial charge on any atom is 0.232 e. The number of ether oxygens (including phenoxy) is 1. The predicted octanol–water partition coefficient (Wildman–Crippen LogP) is 2.83. The Morgan fingerprint density at radius 3 is 1.47 bits per heavy atom. The molecule has 0 unspecified atom stereocenters. The highest BCUT2D eigenvalue weighted by Gasteiger charge is 2.25. The van der Waals surface area contributed by atoms with Crippen LogP contribution in [0.25, 0.3) is 0 Å². The van der Waals surface area contributed by atoms with Gasteiger partial charge in [-0.1, -0.05) is 48.5 Å². The van der Waals surface area contributed by atoms with E-state index in [0.29, 0.717) is 13.2 Å². The van der Waals surface area contributed by atoms with Crippen molar-refractivity contribution >= 4 is 17.8 Å². The summed E-state index contributed by atoms with van der Waals surface area (Å²) in [5.74, 6) is 2.33. The van der Waals surface area contributed by atoms with Crippen LogP contribution in [-0.4, -0.2) is 54.3 Å². The standard InChI is InChI=1S/C25H28N6O/c1-3-7-21-17-30(11-9-19(21)5-1)24-26-23(29-13-15-32-16-14-29)27-25(28-24)31-12-10-20-6-2-4-8-22(20)18-31/h1-8H,9-18H2. The van der Waals surface area contributed by atoms with Crippen molar-refractivity contribution in [3.05, 3.63) is 70.8 Å². The summed E-state index contributed by atoms with van der Waals surface area (Å²) in [6.45, 7) is 6.58. The second kappa shape index (κ2) is 8.39. The van der Waals surface area contributed by atoms with Crippen LogP contribution in [0, 0.1) is 0 Å². The maximum atomic E-state index is 5.56. The molecule has 0 spiro atoms. The van der Waals surface area contributed by atoms with Crippen molar-refractivity contribution in [2.24, 2.45) is 0 Å². The molecule has 2 aromatic carbocycles. The summed E-state index contributed by atoms with van der Waals surface area (Å²) in [7, 11) is 0. The number of rotatable bonds is 3. The number of aromatic nitrogens is 3. The van der Waals surface area contributed by atoms with Crippen LogP contribution in [0.2, 0.25) is 0 Å². The minimum Gasteiger partial charge on any atom is -0.378 e. The summed E-state index contributed by atoms with van der Waals surface area (Å²) in [5, 5.41) is 0. The molecule has 0 bridgehead atoms. The van der Waals surface area contributed by atoms with Gasteiger partial charge in [0.05, 0.1) is 13.2 Å². The zero-order valence-electron chi connectivity index (χ0n) is 18.3. The third-order valence-electron chi connectivity index (χ3n) is 6.72. The second-order valence-corrected chi connectivity index (χ2v) is 8.72. The first-order valence-electron chi connectivity index (χ1n) is 11.6. The summed E-state index contributed by atoms with van der Waals surface area (Å²) < 4.78 is 5.56. The topological polar surface area (TPSA) is 57.6 Å². The van der Waals surface area contributed by atoms with Crippen LogP contribution < -0.4 is 14.7 Å². The van der Waals surface area contributed by atoms with Crippen molar-refractivity contribution in [2.45, 2.75) is 25.9 Å². The SMILES string of the molecule is c1ccc2c(c1)CCN(c1nc(N3CCOCC3)nc(N3CCc4ccccc4C3)n1)C2. The van der Waals surface area contributed by atoms with Crippen molar-refractivity contribution in [3.63, 3.8) is 0 Å². The third-order valence-corrected chi connectivity index (χ3v) is 6.72. The quantitative estimate of drug-likeness (QED) is 0.636. The van der Waals surface area contributed by atoms with E-state index < -0.39 is 0 Å². The molecule has 0 aliphatic carbocycles. The van der Waals surface area contributed by atoms with Gasteiger partial charge < -0.3 is 19.4 Å². The van der Waals surface area contributed by atoms with Gasteiger partial charge in [0.1, 0.15) is 0 Å². The van der Waals surface area contributed by atoms with E-state index in [1.54, 1.807) is 0 Å². The Morgan fingerprint density at radius 2 is 0.969 bits per heavy atom. The number of morpholine rings is 1. The molecule has 1 aromatic heterocycles. The molecule has 7 heteroatoms. The zero-order chi connectivity index (χ0) is 21.3. The number of benzene rings is 2. The van der Waals surface area contributed by atoms with Gasteiger partial charge in [0.15, 0.2) is 0 Å². The third kappa shape index (κ3) is 3.77. The van der Waals surface area contributed by atoms with Crippen LogP contribution in [0.15, 0.2) is 48.5 Å². The van der Waals surface area contributed by atoms with E-state index >= 15 is 0 Å². The zero-order valence-corrected chi connectivity index (χ0v) is 18.3. The summed E-state index contributed by atoms with van der Waals surface area (Å²) in [6, 6.07) is 17.4. The molecule has 0 N–H and O–H groups in total. The van der Waals surface area contributed by atoms with E-state index in [9.17, 15) is 0 Å².